The molecule has 1 saturated carbocycles. The van der Waals surface area contributed by atoms with Crippen LogP contribution >= 0.6 is 0 Å². The molecule has 1 N–H and O–H groups in total. The minimum Gasteiger partial charge on any atom is -0.488 e. The van der Waals surface area contributed by atoms with Crippen LogP contribution in [0.3, 0.4) is 0 Å². The summed E-state index contributed by atoms with van der Waals surface area (Å²) < 4.78 is 19.0. The summed E-state index contributed by atoms with van der Waals surface area (Å²) in [6.45, 7) is 4.29. The van der Waals surface area contributed by atoms with E-state index in [1.807, 2.05) is 0 Å². The van der Waals surface area contributed by atoms with Gasteiger partial charge in [-0.2, -0.15) is 0 Å². The summed E-state index contributed by atoms with van der Waals surface area (Å²) in [5, 5.41) is 3.54. The summed E-state index contributed by atoms with van der Waals surface area (Å²) >= 11 is 0. The van der Waals surface area contributed by atoms with Crippen molar-refractivity contribution in [2.45, 2.75) is 45.1 Å². The van der Waals surface area contributed by atoms with Crippen molar-refractivity contribution >= 4 is 0 Å². The SMILES string of the molecule is CC1(CNCC2Cc3cc(F)ccc3O2)CCCC1. The number of halogens is 1. The Kier molecular flexibility index (Phi) is 3.48. The van der Waals surface area contributed by atoms with E-state index in [2.05, 4.69) is 12.2 Å². The van der Waals surface area contributed by atoms with Crippen molar-refractivity contribution in [2.24, 2.45) is 5.41 Å². The summed E-state index contributed by atoms with van der Waals surface area (Å²) in [5.74, 6) is 0.676. The van der Waals surface area contributed by atoms with E-state index in [1.54, 1.807) is 12.1 Å². The van der Waals surface area contributed by atoms with Gasteiger partial charge >= 0.3 is 0 Å². The molecule has 0 bridgehead atoms. The first-order valence-electron chi connectivity index (χ1n) is 7.30. The predicted molar refractivity (Wildman–Crippen MR) is 74.0 cm³/mol. The number of nitrogens with one attached hydrogen (secondary N) is 1. The standard InChI is InChI=1S/C16H22FNO/c1-16(6-2-3-7-16)11-18-10-14-9-12-8-13(17)4-5-15(12)19-14/h4-5,8,14,18H,2-3,6-7,9-11H2,1H3. The molecular weight excluding hydrogens is 241 g/mol. The lowest BCUT2D eigenvalue weighted by atomic mass is 9.89. The van der Waals surface area contributed by atoms with E-state index in [9.17, 15) is 4.39 Å². The van der Waals surface area contributed by atoms with Crippen molar-refractivity contribution in [1.82, 2.24) is 5.32 Å². The molecule has 1 fully saturated rings. The molecule has 0 spiro atoms. The van der Waals surface area contributed by atoms with Gasteiger partial charge in [0.25, 0.3) is 0 Å². The van der Waals surface area contributed by atoms with Crippen LogP contribution in [0.15, 0.2) is 18.2 Å². The monoisotopic (exact) mass is 263 g/mol. The normalized spacial score (nSPS) is 24.2. The lowest BCUT2D eigenvalue weighted by Gasteiger charge is -2.24. The van der Waals surface area contributed by atoms with E-state index in [1.165, 1.54) is 31.7 Å². The molecular formula is C16H22FNO. The Balaban J connectivity index is 1.48. The Hall–Kier alpha value is -1.09. The maximum Gasteiger partial charge on any atom is 0.123 e. The van der Waals surface area contributed by atoms with E-state index in [0.717, 1.165) is 30.8 Å². The maximum atomic E-state index is 13.1. The molecule has 1 aliphatic carbocycles. The van der Waals surface area contributed by atoms with Gasteiger partial charge < -0.3 is 10.1 Å². The fraction of sp³-hybridized carbons (Fsp3) is 0.625. The van der Waals surface area contributed by atoms with Gasteiger partial charge in [-0.25, -0.2) is 4.39 Å². The van der Waals surface area contributed by atoms with Crippen molar-refractivity contribution < 1.29 is 9.13 Å². The summed E-state index contributed by atoms with van der Waals surface area (Å²) in [6, 6.07) is 4.80. The molecule has 3 rings (SSSR count). The molecule has 0 radical (unpaired) electrons. The van der Waals surface area contributed by atoms with Crippen molar-refractivity contribution in [3.05, 3.63) is 29.6 Å². The summed E-state index contributed by atoms with van der Waals surface area (Å²) in [4.78, 5) is 0. The number of benzene rings is 1. The van der Waals surface area contributed by atoms with Gasteiger partial charge in [-0.3, -0.25) is 0 Å². The molecule has 2 nitrogen and oxygen atoms in total. The quantitative estimate of drug-likeness (QED) is 0.900. The van der Waals surface area contributed by atoms with Crippen molar-refractivity contribution in [3.8, 4) is 5.75 Å². The second-order valence-corrected chi connectivity index (χ2v) is 6.34. The van der Waals surface area contributed by atoms with Crippen LogP contribution in [0, 0.1) is 11.2 Å². The van der Waals surface area contributed by atoms with Crippen LogP contribution < -0.4 is 10.1 Å². The summed E-state index contributed by atoms with van der Waals surface area (Å²) in [6.07, 6.45) is 6.36. The van der Waals surface area contributed by atoms with Crippen molar-refractivity contribution in [2.75, 3.05) is 13.1 Å². The van der Waals surface area contributed by atoms with Crippen LogP contribution in [-0.2, 0) is 6.42 Å². The maximum absolute atomic E-state index is 13.1. The van der Waals surface area contributed by atoms with Gasteiger partial charge in [-0.05, 0) is 36.5 Å². The van der Waals surface area contributed by atoms with Gasteiger partial charge in [-0.15, -0.1) is 0 Å². The van der Waals surface area contributed by atoms with Gasteiger partial charge in [0.2, 0.25) is 0 Å². The van der Waals surface area contributed by atoms with E-state index < -0.39 is 0 Å². The number of ether oxygens (including phenoxy) is 1. The number of hydrogen-bond acceptors (Lipinski definition) is 2. The highest BCUT2D eigenvalue weighted by Crippen LogP contribution is 2.36. The van der Waals surface area contributed by atoms with Gasteiger partial charge in [0.15, 0.2) is 0 Å². The second-order valence-electron chi connectivity index (χ2n) is 6.34. The molecule has 1 aromatic rings. The largest absolute Gasteiger partial charge is 0.488 e. The van der Waals surface area contributed by atoms with E-state index in [-0.39, 0.29) is 11.9 Å². The highest BCUT2D eigenvalue weighted by atomic mass is 19.1. The van der Waals surface area contributed by atoms with Crippen LogP contribution in [0.25, 0.3) is 0 Å². The second kappa shape index (κ2) is 5.12. The van der Waals surface area contributed by atoms with Crippen molar-refractivity contribution in [1.29, 1.82) is 0 Å². The Bertz CT molecular complexity index is 454. The molecule has 3 heteroatoms. The smallest absolute Gasteiger partial charge is 0.123 e. The molecule has 1 aromatic carbocycles. The first-order valence-corrected chi connectivity index (χ1v) is 7.30. The molecule has 104 valence electrons. The number of fused-ring (bicyclic) bond motifs is 1. The zero-order valence-electron chi connectivity index (χ0n) is 11.5. The average Bonchev–Trinajstić information content (AvgIpc) is 2.95. The fourth-order valence-corrected chi connectivity index (χ4v) is 3.34. The molecule has 19 heavy (non-hydrogen) atoms. The summed E-state index contributed by atoms with van der Waals surface area (Å²) in [5.41, 5.74) is 1.47. The van der Waals surface area contributed by atoms with Crippen LogP contribution in [0.5, 0.6) is 5.75 Å². The van der Waals surface area contributed by atoms with Crippen LogP contribution in [0.1, 0.15) is 38.2 Å². The molecule has 2 aliphatic rings. The molecule has 0 aromatic heterocycles. The van der Waals surface area contributed by atoms with Crippen LogP contribution in [-0.4, -0.2) is 19.2 Å². The Morgan fingerprint density at radius 1 is 1.37 bits per heavy atom. The molecule has 1 unspecified atom stereocenters. The fourth-order valence-electron chi connectivity index (χ4n) is 3.34. The summed E-state index contributed by atoms with van der Waals surface area (Å²) in [7, 11) is 0. The number of rotatable bonds is 4. The highest BCUT2D eigenvalue weighted by molar-refractivity contribution is 5.37. The lowest BCUT2D eigenvalue weighted by Crippen LogP contribution is -2.36. The average molecular weight is 263 g/mol. The van der Waals surface area contributed by atoms with Gasteiger partial charge in [0.05, 0.1) is 0 Å². The molecule has 1 heterocycles. The third-order valence-corrected chi connectivity index (χ3v) is 4.50. The van der Waals surface area contributed by atoms with Gasteiger partial charge in [0.1, 0.15) is 17.7 Å². The Labute approximate surface area is 114 Å². The lowest BCUT2D eigenvalue weighted by molar-refractivity contribution is 0.214. The zero-order chi connectivity index (χ0) is 13.3. The van der Waals surface area contributed by atoms with Crippen LogP contribution in [0.2, 0.25) is 0 Å². The van der Waals surface area contributed by atoms with E-state index >= 15 is 0 Å². The Morgan fingerprint density at radius 3 is 2.95 bits per heavy atom. The molecule has 0 saturated heterocycles. The van der Waals surface area contributed by atoms with Crippen molar-refractivity contribution in [3.63, 3.8) is 0 Å². The molecule has 1 atom stereocenters. The van der Waals surface area contributed by atoms with Gasteiger partial charge in [0, 0.05) is 25.1 Å². The first kappa shape index (κ1) is 12.9. The minimum absolute atomic E-state index is 0.154. The topological polar surface area (TPSA) is 21.3 Å². The Morgan fingerprint density at radius 2 is 2.16 bits per heavy atom. The molecule has 0 amide bonds. The zero-order valence-corrected chi connectivity index (χ0v) is 11.5. The number of hydrogen-bond donors (Lipinski definition) is 1. The van der Waals surface area contributed by atoms with E-state index in [0.29, 0.717) is 5.41 Å². The molecule has 1 aliphatic heterocycles. The third-order valence-electron chi connectivity index (χ3n) is 4.50. The highest BCUT2D eigenvalue weighted by Gasteiger charge is 2.29. The minimum atomic E-state index is -0.172. The van der Waals surface area contributed by atoms with Crippen LogP contribution in [0.4, 0.5) is 4.39 Å². The third kappa shape index (κ3) is 2.92. The van der Waals surface area contributed by atoms with Gasteiger partial charge in [-0.1, -0.05) is 19.8 Å². The predicted octanol–water partition coefficient (Wildman–Crippen LogP) is 3.30. The first-order chi connectivity index (χ1) is 9.15. The van der Waals surface area contributed by atoms with E-state index in [4.69, 9.17) is 4.74 Å².